The van der Waals surface area contributed by atoms with Crippen LogP contribution in [0, 0.1) is 0 Å². The molecular weight excluding hydrogens is 352 g/mol. The third kappa shape index (κ3) is 4.93. The normalized spacial score (nSPS) is 23.0. The fraction of sp³-hybridized carbons (Fsp3) is 0.263. The van der Waals surface area contributed by atoms with Gasteiger partial charge in [-0.15, -0.1) is 0 Å². The van der Waals surface area contributed by atoms with Crippen LogP contribution in [0.15, 0.2) is 77.6 Å². The zero-order valence-electron chi connectivity index (χ0n) is 13.3. The monoisotopic (exact) mass is 374 g/mol. The lowest BCUT2D eigenvalue weighted by Crippen LogP contribution is -2.37. The molecule has 0 radical (unpaired) electrons. The molecule has 3 nitrogen and oxygen atoms in total. The maximum Gasteiger partial charge on any atom is 0.0912 e. The van der Waals surface area contributed by atoms with E-state index in [4.69, 9.17) is 0 Å². The zero-order valence-corrected chi connectivity index (χ0v) is 14.9. The maximum atomic E-state index is 10.7. The van der Waals surface area contributed by atoms with E-state index in [2.05, 4.69) is 40.0 Å². The first kappa shape index (κ1) is 17.7. The van der Waals surface area contributed by atoms with Crippen molar-refractivity contribution in [3.8, 4) is 0 Å². The molecule has 1 heterocycles. The van der Waals surface area contributed by atoms with Crippen molar-refractivity contribution in [1.29, 1.82) is 0 Å². The van der Waals surface area contributed by atoms with Crippen LogP contribution in [0.2, 0.25) is 0 Å². The number of likely N-dealkylation sites (N-methyl/N-ethyl adjacent to an activating group) is 1. The molecule has 1 aliphatic heterocycles. The Morgan fingerprint density at radius 2 is 2.04 bits per heavy atom. The molecule has 0 aliphatic carbocycles. The minimum Gasteiger partial charge on any atom is -0.389 e. The number of rotatable bonds is 5. The Morgan fingerprint density at radius 1 is 1.30 bits per heavy atom. The van der Waals surface area contributed by atoms with Gasteiger partial charge in [-0.3, -0.25) is 0 Å². The van der Waals surface area contributed by atoms with Crippen molar-refractivity contribution in [2.24, 2.45) is 0 Å². The van der Waals surface area contributed by atoms with Crippen LogP contribution < -0.4 is 5.32 Å². The van der Waals surface area contributed by atoms with Gasteiger partial charge in [0.15, 0.2) is 0 Å². The van der Waals surface area contributed by atoms with Crippen molar-refractivity contribution in [3.63, 3.8) is 0 Å². The maximum absolute atomic E-state index is 10.7. The minimum atomic E-state index is -0.561. The molecule has 0 saturated carbocycles. The summed E-state index contributed by atoms with van der Waals surface area (Å²) in [4.78, 5) is 2.04. The fourth-order valence-electron chi connectivity index (χ4n) is 2.59. The van der Waals surface area contributed by atoms with Gasteiger partial charge in [0.1, 0.15) is 0 Å². The smallest absolute Gasteiger partial charge is 0.0912 e. The first-order chi connectivity index (χ1) is 11.1. The molecule has 4 heteroatoms. The highest BCUT2D eigenvalue weighted by atomic mass is 79.9. The highest BCUT2D eigenvalue weighted by molar-refractivity contribution is 9.11. The van der Waals surface area contributed by atoms with Gasteiger partial charge in [-0.2, -0.15) is 0 Å². The quantitative estimate of drug-likeness (QED) is 0.820. The van der Waals surface area contributed by atoms with E-state index in [0.29, 0.717) is 6.54 Å². The van der Waals surface area contributed by atoms with Gasteiger partial charge < -0.3 is 15.3 Å². The molecule has 122 valence electrons. The second-order valence-corrected chi connectivity index (χ2v) is 6.34. The number of aliphatic hydroxyl groups excluding tert-OH is 1. The lowest BCUT2D eigenvalue weighted by atomic mass is 9.99. The predicted molar refractivity (Wildman–Crippen MR) is 100 cm³/mol. The van der Waals surface area contributed by atoms with Gasteiger partial charge in [0.25, 0.3) is 0 Å². The van der Waals surface area contributed by atoms with Crippen molar-refractivity contribution < 1.29 is 5.11 Å². The minimum absolute atomic E-state index is 0.200. The van der Waals surface area contributed by atoms with Gasteiger partial charge in [-0.05, 0) is 31.2 Å². The van der Waals surface area contributed by atoms with E-state index in [-0.39, 0.29) is 6.04 Å². The van der Waals surface area contributed by atoms with E-state index in [1.165, 1.54) is 0 Å². The fourth-order valence-corrected chi connectivity index (χ4v) is 2.91. The van der Waals surface area contributed by atoms with Gasteiger partial charge in [0, 0.05) is 22.9 Å². The summed E-state index contributed by atoms with van der Waals surface area (Å²) in [6, 6.07) is 9.84. The Bertz CT molecular complexity index is 607. The highest BCUT2D eigenvalue weighted by Gasteiger charge is 2.26. The van der Waals surface area contributed by atoms with E-state index < -0.39 is 6.10 Å². The van der Waals surface area contributed by atoms with E-state index in [1.807, 2.05) is 60.6 Å². The third-order valence-corrected chi connectivity index (χ3v) is 4.29. The first-order valence-electron chi connectivity index (χ1n) is 7.68. The summed E-state index contributed by atoms with van der Waals surface area (Å²) in [5, 5.41) is 13.7. The SMILES string of the molecule is C=C1/C=C\C(Br)=C/C/C=C\N1C(c1ccccc1)C(O)CNC. The van der Waals surface area contributed by atoms with Gasteiger partial charge in [-0.1, -0.05) is 65.0 Å². The van der Waals surface area contributed by atoms with Crippen LogP contribution in [0.25, 0.3) is 0 Å². The Morgan fingerprint density at radius 3 is 2.74 bits per heavy atom. The Hall–Kier alpha value is -1.62. The number of hydrogen-bond acceptors (Lipinski definition) is 3. The molecule has 0 aromatic heterocycles. The summed E-state index contributed by atoms with van der Waals surface area (Å²) in [6.07, 6.45) is 10.4. The van der Waals surface area contributed by atoms with Crippen molar-refractivity contribution in [1.82, 2.24) is 10.2 Å². The van der Waals surface area contributed by atoms with Crippen LogP contribution >= 0.6 is 15.9 Å². The number of allylic oxidation sites excluding steroid dienone is 5. The van der Waals surface area contributed by atoms with Gasteiger partial charge in [-0.25, -0.2) is 0 Å². The van der Waals surface area contributed by atoms with Crippen LogP contribution in [-0.4, -0.2) is 29.7 Å². The van der Waals surface area contributed by atoms with Crippen molar-refractivity contribution in [3.05, 3.63) is 83.2 Å². The second-order valence-electron chi connectivity index (χ2n) is 5.42. The summed E-state index contributed by atoms with van der Waals surface area (Å²) in [6.45, 7) is 4.67. The highest BCUT2D eigenvalue weighted by Crippen LogP contribution is 2.29. The number of nitrogens with one attached hydrogen (secondary N) is 1. The van der Waals surface area contributed by atoms with Crippen LogP contribution in [0.4, 0.5) is 0 Å². The molecule has 2 N–H and O–H groups in total. The van der Waals surface area contributed by atoms with Gasteiger partial charge >= 0.3 is 0 Å². The summed E-state index contributed by atoms with van der Waals surface area (Å²) in [5.74, 6) is 0. The average Bonchev–Trinajstić information content (AvgIpc) is 2.63. The first-order valence-corrected chi connectivity index (χ1v) is 8.48. The number of aliphatic hydroxyl groups is 1. The Kier molecular flexibility index (Phi) is 6.84. The predicted octanol–water partition coefficient (Wildman–Crippen LogP) is 3.88. The summed E-state index contributed by atoms with van der Waals surface area (Å²) in [7, 11) is 1.84. The molecule has 0 spiro atoms. The molecule has 1 aromatic rings. The largest absolute Gasteiger partial charge is 0.389 e. The number of benzene rings is 1. The van der Waals surface area contributed by atoms with Crippen molar-refractivity contribution in [2.75, 3.05) is 13.6 Å². The molecule has 2 rings (SSSR count). The summed E-state index contributed by atoms with van der Waals surface area (Å²) < 4.78 is 1.03. The van der Waals surface area contributed by atoms with E-state index in [1.54, 1.807) is 0 Å². The van der Waals surface area contributed by atoms with E-state index in [9.17, 15) is 5.11 Å². The number of halogens is 1. The van der Waals surface area contributed by atoms with Crippen LogP contribution in [0.1, 0.15) is 18.0 Å². The number of hydrogen-bond donors (Lipinski definition) is 2. The van der Waals surface area contributed by atoms with E-state index in [0.717, 1.165) is 22.2 Å². The molecule has 2 unspecified atom stereocenters. The average molecular weight is 375 g/mol. The van der Waals surface area contributed by atoms with E-state index >= 15 is 0 Å². The molecular formula is C19H23BrN2O. The molecule has 0 bridgehead atoms. The molecule has 2 atom stereocenters. The lowest BCUT2D eigenvalue weighted by molar-refractivity contribution is 0.0904. The molecule has 0 amide bonds. The van der Waals surface area contributed by atoms with Crippen molar-refractivity contribution in [2.45, 2.75) is 18.6 Å². The molecule has 23 heavy (non-hydrogen) atoms. The van der Waals surface area contributed by atoms with Gasteiger partial charge in [0.05, 0.1) is 12.1 Å². The zero-order chi connectivity index (χ0) is 16.7. The van der Waals surface area contributed by atoms with Crippen LogP contribution in [0.3, 0.4) is 0 Å². The van der Waals surface area contributed by atoms with Crippen LogP contribution in [-0.2, 0) is 0 Å². The van der Waals surface area contributed by atoms with Crippen molar-refractivity contribution >= 4 is 15.9 Å². The molecule has 0 saturated heterocycles. The van der Waals surface area contributed by atoms with Crippen LogP contribution in [0.5, 0.6) is 0 Å². The Labute approximate surface area is 146 Å². The topological polar surface area (TPSA) is 35.5 Å². The molecule has 0 fully saturated rings. The molecule has 1 aromatic carbocycles. The molecule has 1 aliphatic rings. The number of nitrogens with zero attached hydrogens (tertiary/aromatic N) is 1. The lowest BCUT2D eigenvalue weighted by Gasteiger charge is -2.35. The third-order valence-electron chi connectivity index (χ3n) is 3.70. The summed E-state index contributed by atoms with van der Waals surface area (Å²) in [5.41, 5.74) is 1.89. The summed E-state index contributed by atoms with van der Waals surface area (Å²) >= 11 is 3.51. The standard InChI is InChI=1S/C19H23BrN2O/c1-15-11-12-17(20)10-6-7-13-22(15)19(18(23)14-21-2)16-8-4-3-5-9-16/h3-5,7-13,18-19,21,23H,1,6,14H2,2H3/b12-11-,13-7-,17-10+. The van der Waals surface area contributed by atoms with Gasteiger partial charge in [0.2, 0.25) is 0 Å². The Balaban J connectivity index is 2.39. The second kappa shape index (κ2) is 8.87.